The molecule has 1 saturated carbocycles. The third kappa shape index (κ3) is 1.72. The molecule has 2 amide bonds. The summed E-state index contributed by atoms with van der Waals surface area (Å²) in [7, 11) is 0. The second kappa shape index (κ2) is 4.43. The van der Waals surface area contributed by atoms with Gasteiger partial charge in [0, 0.05) is 8.95 Å². The second-order valence-corrected chi connectivity index (χ2v) is 7.54. The first-order valence-corrected chi connectivity index (χ1v) is 8.38. The van der Waals surface area contributed by atoms with Gasteiger partial charge in [-0.25, -0.2) is 4.90 Å². The van der Waals surface area contributed by atoms with Gasteiger partial charge in [0.25, 0.3) is 0 Å². The van der Waals surface area contributed by atoms with Gasteiger partial charge in [0.1, 0.15) is 0 Å². The van der Waals surface area contributed by atoms with Crippen LogP contribution in [0, 0.1) is 23.7 Å². The van der Waals surface area contributed by atoms with Crippen molar-refractivity contribution >= 4 is 55.0 Å². The lowest BCUT2D eigenvalue weighted by molar-refractivity contribution is -0.123. The Morgan fingerprint density at radius 2 is 1.48 bits per heavy atom. The van der Waals surface area contributed by atoms with E-state index in [0.29, 0.717) is 20.3 Å². The lowest BCUT2D eigenvalue weighted by atomic mass is 9.85. The number of amides is 2. The molecule has 4 nitrogen and oxygen atoms in total. The maximum absolute atomic E-state index is 12.7. The molecule has 21 heavy (non-hydrogen) atoms. The van der Waals surface area contributed by atoms with Gasteiger partial charge in [-0.2, -0.15) is 0 Å². The first-order chi connectivity index (χ1) is 9.99. The van der Waals surface area contributed by atoms with Gasteiger partial charge in [0.05, 0.1) is 23.2 Å². The molecule has 1 heterocycles. The van der Waals surface area contributed by atoms with Crippen molar-refractivity contribution in [2.45, 2.75) is 6.42 Å². The highest BCUT2D eigenvalue weighted by molar-refractivity contribution is 9.11. The number of halogens is 2. The zero-order chi connectivity index (χ0) is 14.9. The van der Waals surface area contributed by atoms with E-state index in [1.54, 1.807) is 12.1 Å². The van der Waals surface area contributed by atoms with Gasteiger partial charge in [-0.05, 0) is 62.2 Å². The number of benzene rings is 1. The van der Waals surface area contributed by atoms with Crippen molar-refractivity contribution in [1.29, 1.82) is 0 Å². The standard InChI is InChI=1S/C15H12Br2N2O2/c16-9-4-8(5-10(17)13(9)18)19-14(20)11-6-1-2-7(3-6)12(11)15(19)21/h1-2,4-7,11-12H,3,18H2/t6-,7+,11-,12+. The van der Waals surface area contributed by atoms with Crippen LogP contribution < -0.4 is 10.6 Å². The molecule has 6 heteroatoms. The zero-order valence-corrected chi connectivity index (χ0v) is 14.1. The molecule has 1 aliphatic heterocycles. The molecule has 2 fully saturated rings. The van der Waals surface area contributed by atoms with Gasteiger partial charge in [0.15, 0.2) is 0 Å². The lowest BCUT2D eigenvalue weighted by Crippen LogP contribution is -2.32. The van der Waals surface area contributed by atoms with E-state index in [1.807, 2.05) is 0 Å². The molecule has 108 valence electrons. The van der Waals surface area contributed by atoms with Gasteiger partial charge in [0.2, 0.25) is 11.8 Å². The van der Waals surface area contributed by atoms with Gasteiger partial charge >= 0.3 is 0 Å². The maximum Gasteiger partial charge on any atom is 0.238 e. The van der Waals surface area contributed by atoms with Crippen LogP contribution in [0.5, 0.6) is 0 Å². The Kier molecular flexibility index (Phi) is 2.85. The third-order valence-electron chi connectivity index (χ3n) is 4.79. The van der Waals surface area contributed by atoms with Gasteiger partial charge in [-0.3, -0.25) is 9.59 Å². The average molecular weight is 412 g/mol. The van der Waals surface area contributed by atoms with Crippen LogP contribution in [0.1, 0.15) is 6.42 Å². The minimum absolute atomic E-state index is 0.0783. The molecule has 0 spiro atoms. The highest BCUT2D eigenvalue weighted by Crippen LogP contribution is 2.53. The van der Waals surface area contributed by atoms with Crippen LogP contribution in [0.15, 0.2) is 33.2 Å². The second-order valence-electron chi connectivity index (χ2n) is 5.83. The van der Waals surface area contributed by atoms with Crippen molar-refractivity contribution in [2.24, 2.45) is 23.7 Å². The number of nitrogens with two attached hydrogens (primary N) is 1. The molecule has 3 aliphatic rings. The number of fused-ring (bicyclic) bond motifs is 5. The van der Waals surface area contributed by atoms with E-state index in [9.17, 15) is 9.59 Å². The van der Waals surface area contributed by atoms with E-state index >= 15 is 0 Å². The van der Waals surface area contributed by atoms with Crippen LogP contribution in [-0.2, 0) is 9.59 Å². The van der Waals surface area contributed by atoms with Crippen LogP contribution in [0.2, 0.25) is 0 Å². The maximum atomic E-state index is 12.7. The van der Waals surface area contributed by atoms with Crippen LogP contribution >= 0.6 is 31.9 Å². The zero-order valence-electron chi connectivity index (χ0n) is 10.9. The number of carbonyl (C=O) groups excluding carboxylic acids is 2. The first kappa shape index (κ1) is 13.5. The average Bonchev–Trinajstić information content (AvgIpc) is 3.10. The Bertz CT molecular complexity index is 663. The van der Waals surface area contributed by atoms with Gasteiger partial charge < -0.3 is 5.73 Å². The van der Waals surface area contributed by atoms with Crippen molar-refractivity contribution in [3.8, 4) is 0 Å². The number of nitrogen functional groups attached to an aromatic ring is 1. The fourth-order valence-electron chi connectivity index (χ4n) is 3.86. The molecule has 0 unspecified atom stereocenters. The van der Waals surface area contributed by atoms with Gasteiger partial charge in [-0.1, -0.05) is 12.2 Å². The van der Waals surface area contributed by atoms with Crippen LogP contribution in [0.25, 0.3) is 0 Å². The number of hydrogen-bond acceptors (Lipinski definition) is 3. The number of imide groups is 1. The smallest absolute Gasteiger partial charge is 0.238 e. The largest absolute Gasteiger partial charge is 0.397 e. The fraction of sp³-hybridized carbons (Fsp3) is 0.333. The topological polar surface area (TPSA) is 63.4 Å². The number of carbonyl (C=O) groups is 2. The number of nitrogens with zero attached hydrogens (tertiary/aromatic N) is 1. The summed E-state index contributed by atoms with van der Waals surface area (Å²) in [5, 5.41) is 0. The highest BCUT2D eigenvalue weighted by Gasteiger charge is 2.59. The van der Waals surface area contributed by atoms with Crippen molar-refractivity contribution < 1.29 is 9.59 Å². The molecule has 1 saturated heterocycles. The van der Waals surface area contributed by atoms with E-state index in [1.165, 1.54) is 4.90 Å². The summed E-state index contributed by atoms with van der Waals surface area (Å²) in [5.41, 5.74) is 7.00. The predicted molar refractivity (Wildman–Crippen MR) is 86.5 cm³/mol. The summed E-state index contributed by atoms with van der Waals surface area (Å²) in [4.78, 5) is 26.7. The minimum Gasteiger partial charge on any atom is -0.397 e. The Labute approximate surface area is 138 Å². The Morgan fingerprint density at radius 1 is 1.00 bits per heavy atom. The quantitative estimate of drug-likeness (QED) is 0.438. The fourth-order valence-corrected chi connectivity index (χ4v) is 5.02. The molecular weight excluding hydrogens is 400 g/mol. The Morgan fingerprint density at radius 3 is 1.95 bits per heavy atom. The summed E-state index contributed by atoms with van der Waals surface area (Å²) in [6.45, 7) is 0. The normalized spacial score (nSPS) is 33.1. The summed E-state index contributed by atoms with van der Waals surface area (Å²) >= 11 is 6.73. The minimum atomic E-state index is -0.178. The Hall–Kier alpha value is -1.14. The van der Waals surface area contributed by atoms with E-state index in [0.717, 1.165) is 6.42 Å². The third-order valence-corrected chi connectivity index (χ3v) is 6.10. The number of allylic oxidation sites excluding steroid dienone is 2. The molecule has 1 aromatic carbocycles. The molecular formula is C15H12Br2N2O2. The van der Waals surface area contributed by atoms with Crippen molar-refractivity contribution in [3.05, 3.63) is 33.2 Å². The molecule has 1 aromatic rings. The highest BCUT2D eigenvalue weighted by atomic mass is 79.9. The molecule has 2 aliphatic carbocycles. The molecule has 0 aromatic heterocycles. The number of rotatable bonds is 1. The van der Waals surface area contributed by atoms with E-state index in [4.69, 9.17) is 5.73 Å². The molecule has 2 bridgehead atoms. The molecule has 4 atom stereocenters. The Balaban J connectivity index is 1.78. The van der Waals surface area contributed by atoms with Crippen molar-refractivity contribution in [1.82, 2.24) is 0 Å². The van der Waals surface area contributed by atoms with E-state index in [-0.39, 0.29) is 35.5 Å². The van der Waals surface area contributed by atoms with E-state index < -0.39 is 0 Å². The van der Waals surface area contributed by atoms with Crippen LogP contribution in [0.4, 0.5) is 11.4 Å². The van der Waals surface area contributed by atoms with Crippen LogP contribution in [0.3, 0.4) is 0 Å². The summed E-state index contributed by atoms with van der Waals surface area (Å²) in [5.74, 6) is -0.0646. The number of anilines is 2. The SMILES string of the molecule is Nc1c(Br)cc(N2C(=O)[C@@H]3[C@H](C2=O)[C@@H]2C=C[C@H]3C2)cc1Br. The molecule has 0 radical (unpaired) electrons. The first-order valence-electron chi connectivity index (χ1n) is 6.79. The number of hydrogen-bond donors (Lipinski definition) is 1. The summed E-state index contributed by atoms with van der Waals surface area (Å²) in [6, 6.07) is 3.46. The van der Waals surface area contributed by atoms with E-state index in [2.05, 4.69) is 44.0 Å². The monoisotopic (exact) mass is 410 g/mol. The lowest BCUT2D eigenvalue weighted by Gasteiger charge is -2.18. The molecule has 4 rings (SSSR count). The predicted octanol–water partition coefficient (Wildman–Crippen LogP) is 3.11. The summed E-state index contributed by atoms with van der Waals surface area (Å²) in [6.07, 6.45) is 5.13. The van der Waals surface area contributed by atoms with Crippen molar-refractivity contribution in [3.63, 3.8) is 0 Å². The summed E-state index contributed by atoms with van der Waals surface area (Å²) < 4.78 is 1.34. The van der Waals surface area contributed by atoms with Crippen molar-refractivity contribution in [2.75, 3.05) is 10.6 Å². The molecule has 2 N–H and O–H groups in total. The van der Waals surface area contributed by atoms with Crippen LogP contribution in [-0.4, -0.2) is 11.8 Å². The van der Waals surface area contributed by atoms with Gasteiger partial charge in [-0.15, -0.1) is 0 Å².